The third kappa shape index (κ3) is 4.59. The van der Waals surface area contributed by atoms with E-state index in [1.165, 1.54) is 11.7 Å². The molecule has 4 rings (SSSR count). The number of carbonyl (C=O) groups is 1. The second kappa shape index (κ2) is 9.17. The van der Waals surface area contributed by atoms with Crippen LogP contribution in [-0.4, -0.2) is 91.3 Å². The van der Waals surface area contributed by atoms with Crippen LogP contribution in [0.1, 0.15) is 6.23 Å². The normalized spacial score (nSPS) is 27.9. The monoisotopic (exact) mass is 494 g/mol. The SMILES string of the molecule is COCCNC(=O)CSc1nc2c(=O)[nH]c(N)nc2n1[C@@H]1OC2CO[PH](O)(O)O[C@H]2C1O. The van der Waals surface area contributed by atoms with E-state index in [1.54, 1.807) is 0 Å². The molecule has 17 heteroatoms. The molecule has 0 aliphatic carbocycles. The number of aromatic nitrogens is 4. The third-order valence-corrected chi connectivity index (χ3v) is 6.86. The molecule has 2 unspecified atom stereocenters. The van der Waals surface area contributed by atoms with Crippen LogP contribution in [0.4, 0.5) is 5.95 Å². The second-order valence-electron chi connectivity index (χ2n) is 7.02. The number of aliphatic hydroxyl groups excluding tert-OH is 1. The van der Waals surface area contributed by atoms with Crippen molar-refractivity contribution in [1.82, 2.24) is 24.8 Å². The fraction of sp³-hybridized carbons (Fsp3) is 0.600. The maximum atomic E-state index is 12.3. The summed E-state index contributed by atoms with van der Waals surface area (Å²) >= 11 is 0.988. The van der Waals surface area contributed by atoms with Gasteiger partial charge in [-0.1, -0.05) is 0 Å². The molecule has 4 heterocycles. The summed E-state index contributed by atoms with van der Waals surface area (Å²) in [5, 5.41) is 13.6. The van der Waals surface area contributed by atoms with Gasteiger partial charge < -0.3 is 4.74 Å². The van der Waals surface area contributed by atoms with E-state index in [0.29, 0.717) is 13.2 Å². The Kier molecular flexibility index (Phi) is 6.67. The van der Waals surface area contributed by atoms with Crippen molar-refractivity contribution in [2.75, 3.05) is 38.4 Å². The molecule has 4 atom stereocenters. The van der Waals surface area contributed by atoms with Gasteiger partial charge in [0.25, 0.3) is 0 Å². The number of nitrogens with zero attached hydrogens (tertiary/aromatic N) is 3. The molecule has 15 nitrogen and oxygen atoms in total. The number of thioether (sulfide) groups is 1. The van der Waals surface area contributed by atoms with Crippen molar-refractivity contribution in [3.63, 3.8) is 0 Å². The van der Waals surface area contributed by atoms with E-state index in [0.717, 1.165) is 11.8 Å². The van der Waals surface area contributed by atoms with Crippen molar-refractivity contribution in [3.05, 3.63) is 10.4 Å². The summed E-state index contributed by atoms with van der Waals surface area (Å²) in [5.74, 6) is -0.542. The number of nitrogens with two attached hydrogens (primary N) is 1. The van der Waals surface area contributed by atoms with E-state index in [2.05, 4.69) is 20.3 Å². The molecule has 0 radical (unpaired) electrons. The van der Waals surface area contributed by atoms with Crippen LogP contribution in [0.2, 0.25) is 0 Å². The van der Waals surface area contributed by atoms with Gasteiger partial charge in [0.2, 0.25) is 0 Å². The second-order valence-corrected chi connectivity index (χ2v) is 9.58. The molecule has 0 bridgehead atoms. The van der Waals surface area contributed by atoms with Gasteiger partial charge in [-0.05, 0) is 0 Å². The standard InChI is InChI=1S/C15H23N6O9PS/c1-27-3-2-17-7(22)5-32-15-18-8-11(19-14(16)20-12(8)24)21(15)13-9(23)10-6(29-13)4-28-31(25,26)30-10/h6,9-10,13,23,25-26,31H,2-5H2,1H3,(H,17,22)(H3,16,19,20,24)/t6?,9?,10-,13-/m1/s1. The molecule has 178 valence electrons. The van der Waals surface area contributed by atoms with E-state index >= 15 is 0 Å². The number of fused-ring (bicyclic) bond motifs is 2. The molecule has 2 saturated heterocycles. The van der Waals surface area contributed by atoms with E-state index in [-0.39, 0.29) is 40.5 Å². The average molecular weight is 494 g/mol. The molecule has 2 aliphatic heterocycles. The van der Waals surface area contributed by atoms with Crippen LogP contribution in [0.25, 0.3) is 11.2 Å². The first kappa shape index (κ1) is 23.3. The quantitative estimate of drug-likeness (QED) is 0.135. The Morgan fingerprint density at radius 3 is 3.00 bits per heavy atom. The number of hydrogen-bond donors (Lipinski definition) is 6. The first-order valence-corrected chi connectivity index (χ1v) is 12.2. The summed E-state index contributed by atoms with van der Waals surface area (Å²) in [5.41, 5.74) is 5.02. The number of rotatable bonds is 7. The van der Waals surface area contributed by atoms with Gasteiger partial charge >= 0.3 is 173 Å². The Labute approximate surface area is 184 Å². The maximum absolute atomic E-state index is 12.3. The van der Waals surface area contributed by atoms with Crippen LogP contribution in [-0.2, 0) is 23.3 Å². The Bertz CT molecular complexity index is 1060. The molecule has 32 heavy (non-hydrogen) atoms. The predicted octanol–water partition coefficient (Wildman–Crippen LogP) is -2.38. The van der Waals surface area contributed by atoms with Gasteiger partial charge in [-0.2, -0.15) is 0 Å². The molecule has 0 spiro atoms. The van der Waals surface area contributed by atoms with Crippen molar-refractivity contribution < 1.29 is 38.2 Å². The number of anilines is 1. The zero-order chi connectivity index (χ0) is 23.0. The molecule has 2 aromatic rings. The van der Waals surface area contributed by atoms with Crippen molar-refractivity contribution in [2.45, 2.75) is 29.7 Å². The van der Waals surface area contributed by atoms with Crippen LogP contribution >= 0.6 is 19.9 Å². The number of imidazole rings is 1. The minimum atomic E-state index is -4.39. The molecule has 7 N–H and O–H groups in total. The Balaban J connectivity index is 1.66. The summed E-state index contributed by atoms with van der Waals surface area (Å²) in [4.78, 5) is 54.6. The Hall–Kier alpha value is -1.88. The van der Waals surface area contributed by atoms with Gasteiger partial charge in [-0.15, -0.1) is 0 Å². The van der Waals surface area contributed by atoms with Crippen molar-refractivity contribution >= 4 is 43.0 Å². The van der Waals surface area contributed by atoms with E-state index < -0.39 is 38.3 Å². The molecule has 2 aromatic heterocycles. The first-order valence-electron chi connectivity index (χ1n) is 9.46. The van der Waals surface area contributed by atoms with Crippen LogP contribution in [0, 0.1) is 0 Å². The zero-order valence-corrected chi connectivity index (χ0v) is 18.6. The first-order chi connectivity index (χ1) is 15.2. The van der Waals surface area contributed by atoms with Gasteiger partial charge in [0.15, 0.2) is 0 Å². The van der Waals surface area contributed by atoms with E-state index in [1.807, 2.05) is 0 Å². The van der Waals surface area contributed by atoms with Gasteiger partial charge in [-0.3, -0.25) is 0 Å². The van der Waals surface area contributed by atoms with Crippen LogP contribution in [0.3, 0.4) is 0 Å². The molecule has 2 aliphatic rings. The van der Waals surface area contributed by atoms with Gasteiger partial charge in [0.1, 0.15) is 0 Å². The summed E-state index contributed by atoms with van der Waals surface area (Å²) in [7, 11) is -2.88. The van der Waals surface area contributed by atoms with Crippen molar-refractivity contribution in [1.29, 1.82) is 0 Å². The average Bonchev–Trinajstić information content (AvgIpc) is 3.23. The molecule has 0 aromatic carbocycles. The minimum absolute atomic E-state index is 0.0219. The predicted molar refractivity (Wildman–Crippen MR) is 112 cm³/mol. The van der Waals surface area contributed by atoms with Gasteiger partial charge in [-0.25, -0.2) is 0 Å². The van der Waals surface area contributed by atoms with E-state index in [9.17, 15) is 24.5 Å². The number of H-pyrrole nitrogens is 1. The molecule has 2 fully saturated rings. The number of methoxy groups -OCH3 is 1. The summed E-state index contributed by atoms with van der Waals surface area (Å²) in [6.07, 6.45) is -4.47. The van der Waals surface area contributed by atoms with Crippen LogP contribution < -0.4 is 16.6 Å². The number of hydrogen-bond acceptors (Lipinski definition) is 13. The molecule has 1 amide bonds. The summed E-state index contributed by atoms with van der Waals surface area (Å²) in [6.45, 7) is 0.453. The fourth-order valence-corrected chi connectivity index (χ4v) is 5.34. The number of nitrogens with one attached hydrogen (secondary N) is 2. The number of carbonyl (C=O) groups excluding carboxylic acids is 1. The topological polar surface area (TPSA) is 216 Å². The van der Waals surface area contributed by atoms with E-state index in [4.69, 9.17) is 24.3 Å². The summed E-state index contributed by atoms with van der Waals surface area (Å²) < 4.78 is 22.0. The number of ether oxygens (including phenoxy) is 2. The van der Waals surface area contributed by atoms with Crippen molar-refractivity contribution in [2.24, 2.45) is 0 Å². The number of amides is 1. The van der Waals surface area contributed by atoms with Gasteiger partial charge in [0.05, 0.1) is 0 Å². The fourth-order valence-electron chi connectivity index (χ4n) is 3.40. The van der Waals surface area contributed by atoms with Crippen molar-refractivity contribution in [3.8, 4) is 0 Å². The third-order valence-electron chi connectivity index (χ3n) is 4.79. The van der Waals surface area contributed by atoms with Crippen LogP contribution in [0.5, 0.6) is 0 Å². The molecular weight excluding hydrogens is 471 g/mol. The number of aliphatic hydroxyl groups is 1. The Morgan fingerprint density at radius 1 is 1.47 bits per heavy atom. The van der Waals surface area contributed by atoms with Crippen LogP contribution in [0.15, 0.2) is 9.95 Å². The molecular formula is C15H23N6O9PS. The summed E-state index contributed by atoms with van der Waals surface area (Å²) in [6, 6.07) is 0. The number of aromatic amines is 1. The number of nitrogen functional groups attached to an aromatic ring is 1. The Morgan fingerprint density at radius 2 is 2.25 bits per heavy atom. The zero-order valence-electron chi connectivity index (χ0n) is 16.8. The van der Waals surface area contributed by atoms with Gasteiger partial charge in [0, 0.05) is 7.11 Å². The molecule has 0 saturated carbocycles.